The number of benzene rings is 1. The minimum absolute atomic E-state index is 0.219. The molecule has 0 bridgehead atoms. The van der Waals surface area contributed by atoms with Gasteiger partial charge in [-0.3, -0.25) is 4.79 Å². The molecule has 1 heterocycles. The molecule has 1 aromatic carbocycles. The van der Waals surface area contributed by atoms with Crippen LogP contribution in [0.2, 0.25) is 0 Å². The highest BCUT2D eigenvalue weighted by atomic mass is 19.1. The van der Waals surface area contributed by atoms with Crippen molar-refractivity contribution in [2.45, 2.75) is 19.4 Å². The molecule has 2 N–H and O–H groups in total. The van der Waals surface area contributed by atoms with Crippen molar-refractivity contribution in [3.63, 3.8) is 0 Å². The number of halogens is 1. The summed E-state index contributed by atoms with van der Waals surface area (Å²) < 4.78 is 13.0. The summed E-state index contributed by atoms with van der Waals surface area (Å²) in [6, 6.07) is 4.25. The van der Waals surface area contributed by atoms with Crippen LogP contribution in [0.15, 0.2) is 23.0 Å². The van der Waals surface area contributed by atoms with Crippen molar-refractivity contribution in [2.24, 2.45) is 0 Å². The van der Waals surface area contributed by atoms with E-state index in [1.807, 2.05) is 14.0 Å². The molecule has 2 aromatic rings. The third kappa shape index (κ3) is 2.50. The third-order valence-corrected chi connectivity index (χ3v) is 2.71. The van der Waals surface area contributed by atoms with Crippen LogP contribution in [-0.2, 0) is 6.42 Å². The first-order chi connectivity index (χ1) is 8.10. The maximum atomic E-state index is 13.0. The second kappa shape index (κ2) is 4.63. The van der Waals surface area contributed by atoms with Crippen LogP contribution in [0.4, 0.5) is 4.39 Å². The Morgan fingerprint density at radius 3 is 3.00 bits per heavy atom. The summed E-state index contributed by atoms with van der Waals surface area (Å²) >= 11 is 0. The lowest BCUT2D eigenvalue weighted by molar-refractivity contribution is 0.591. The first kappa shape index (κ1) is 11.7. The summed E-state index contributed by atoms with van der Waals surface area (Å²) in [5, 5.41) is 3.35. The van der Waals surface area contributed by atoms with E-state index in [0.29, 0.717) is 17.8 Å². The molecule has 0 saturated heterocycles. The van der Waals surface area contributed by atoms with E-state index < -0.39 is 5.82 Å². The van der Waals surface area contributed by atoms with E-state index in [-0.39, 0.29) is 17.0 Å². The zero-order valence-corrected chi connectivity index (χ0v) is 9.75. The smallest absolute Gasteiger partial charge is 0.258 e. The lowest BCUT2D eigenvalue weighted by Gasteiger charge is -2.09. The van der Waals surface area contributed by atoms with Gasteiger partial charge < -0.3 is 10.3 Å². The highest BCUT2D eigenvalue weighted by Gasteiger charge is 2.07. The van der Waals surface area contributed by atoms with Gasteiger partial charge in [0, 0.05) is 12.5 Å². The molecule has 0 amide bonds. The van der Waals surface area contributed by atoms with Gasteiger partial charge in [0.1, 0.15) is 11.6 Å². The van der Waals surface area contributed by atoms with Crippen molar-refractivity contribution in [3.05, 3.63) is 40.2 Å². The van der Waals surface area contributed by atoms with Gasteiger partial charge in [-0.25, -0.2) is 9.37 Å². The van der Waals surface area contributed by atoms with Gasteiger partial charge in [-0.1, -0.05) is 0 Å². The first-order valence-electron chi connectivity index (χ1n) is 5.46. The van der Waals surface area contributed by atoms with E-state index in [1.54, 1.807) is 0 Å². The van der Waals surface area contributed by atoms with Crippen LogP contribution in [0, 0.1) is 5.82 Å². The molecule has 17 heavy (non-hydrogen) atoms. The minimum Gasteiger partial charge on any atom is -0.317 e. The Morgan fingerprint density at radius 1 is 1.53 bits per heavy atom. The Kier molecular flexibility index (Phi) is 3.19. The number of hydrogen-bond donors (Lipinski definition) is 2. The summed E-state index contributed by atoms with van der Waals surface area (Å²) in [5.41, 5.74) is 0.223. The fraction of sp³-hybridized carbons (Fsp3) is 0.333. The maximum absolute atomic E-state index is 13.0. The van der Waals surface area contributed by atoms with Crippen LogP contribution in [0.25, 0.3) is 10.9 Å². The third-order valence-electron chi connectivity index (χ3n) is 2.71. The second-order valence-corrected chi connectivity index (χ2v) is 4.07. The molecule has 0 saturated carbocycles. The van der Waals surface area contributed by atoms with Gasteiger partial charge in [0.15, 0.2) is 0 Å². The summed E-state index contributed by atoms with van der Waals surface area (Å²) in [4.78, 5) is 18.7. The molecular weight excluding hydrogens is 221 g/mol. The summed E-state index contributed by atoms with van der Waals surface area (Å²) in [5.74, 6) is 0.178. The van der Waals surface area contributed by atoms with Crippen molar-refractivity contribution < 1.29 is 4.39 Å². The molecule has 0 radical (unpaired) electrons. The van der Waals surface area contributed by atoms with E-state index in [0.717, 1.165) is 0 Å². The number of fused-ring (bicyclic) bond motifs is 1. The number of aromatic nitrogens is 2. The number of hydrogen-bond acceptors (Lipinski definition) is 3. The zero-order valence-electron chi connectivity index (χ0n) is 9.75. The molecule has 1 aromatic heterocycles. The van der Waals surface area contributed by atoms with Gasteiger partial charge in [-0.15, -0.1) is 0 Å². The standard InChI is InChI=1S/C12H14FN3O/c1-7(14-2)5-11-15-10-4-3-8(13)6-9(10)12(17)16-11/h3-4,6-7,14H,5H2,1-2H3,(H,15,16,17). The van der Waals surface area contributed by atoms with Gasteiger partial charge in [0.2, 0.25) is 0 Å². The monoisotopic (exact) mass is 235 g/mol. The van der Waals surface area contributed by atoms with Gasteiger partial charge in [0.25, 0.3) is 5.56 Å². The quantitative estimate of drug-likeness (QED) is 0.840. The molecule has 2 rings (SSSR count). The van der Waals surface area contributed by atoms with Gasteiger partial charge in [-0.05, 0) is 32.2 Å². The predicted octanol–water partition coefficient (Wildman–Crippen LogP) is 1.21. The molecule has 90 valence electrons. The van der Waals surface area contributed by atoms with Crippen LogP contribution in [0.3, 0.4) is 0 Å². The normalized spacial score (nSPS) is 12.9. The fourth-order valence-corrected chi connectivity index (χ4v) is 1.65. The highest BCUT2D eigenvalue weighted by molar-refractivity contribution is 5.77. The molecular formula is C12H14FN3O. The molecule has 4 nitrogen and oxygen atoms in total. The van der Waals surface area contributed by atoms with Crippen molar-refractivity contribution >= 4 is 10.9 Å². The van der Waals surface area contributed by atoms with Gasteiger partial charge in [0.05, 0.1) is 10.9 Å². The largest absolute Gasteiger partial charge is 0.317 e. The Labute approximate surface area is 97.9 Å². The van der Waals surface area contributed by atoms with E-state index in [4.69, 9.17) is 0 Å². The van der Waals surface area contributed by atoms with Crippen LogP contribution in [0.5, 0.6) is 0 Å². The second-order valence-electron chi connectivity index (χ2n) is 4.07. The fourth-order valence-electron chi connectivity index (χ4n) is 1.65. The maximum Gasteiger partial charge on any atom is 0.258 e. The minimum atomic E-state index is -0.429. The average molecular weight is 235 g/mol. The molecule has 0 spiro atoms. The Balaban J connectivity index is 2.49. The van der Waals surface area contributed by atoms with Gasteiger partial charge >= 0.3 is 0 Å². The highest BCUT2D eigenvalue weighted by Crippen LogP contribution is 2.09. The lowest BCUT2D eigenvalue weighted by atomic mass is 10.2. The summed E-state index contributed by atoms with van der Waals surface area (Å²) in [6.45, 7) is 1.99. The van der Waals surface area contributed by atoms with Gasteiger partial charge in [-0.2, -0.15) is 0 Å². The van der Waals surface area contributed by atoms with E-state index in [1.165, 1.54) is 18.2 Å². The lowest BCUT2D eigenvalue weighted by Crippen LogP contribution is -2.26. The summed E-state index contributed by atoms with van der Waals surface area (Å²) in [6.07, 6.45) is 0.624. The van der Waals surface area contributed by atoms with Crippen molar-refractivity contribution in [3.8, 4) is 0 Å². The summed E-state index contributed by atoms with van der Waals surface area (Å²) in [7, 11) is 1.85. The van der Waals surface area contributed by atoms with Crippen LogP contribution >= 0.6 is 0 Å². The number of H-pyrrole nitrogens is 1. The molecule has 0 aliphatic heterocycles. The topological polar surface area (TPSA) is 57.8 Å². The van der Waals surface area contributed by atoms with Crippen molar-refractivity contribution in [2.75, 3.05) is 7.05 Å². The molecule has 0 fully saturated rings. The predicted molar refractivity (Wildman–Crippen MR) is 64.5 cm³/mol. The number of aromatic amines is 1. The Morgan fingerprint density at radius 2 is 2.29 bits per heavy atom. The van der Waals surface area contributed by atoms with Crippen LogP contribution in [-0.4, -0.2) is 23.1 Å². The number of rotatable bonds is 3. The average Bonchev–Trinajstić information content (AvgIpc) is 2.30. The molecule has 1 unspecified atom stereocenters. The number of likely N-dealkylation sites (N-methyl/N-ethyl adjacent to an activating group) is 1. The Bertz CT molecular complexity index is 594. The molecule has 0 aliphatic rings. The van der Waals surface area contributed by atoms with Crippen molar-refractivity contribution in [1.82, 2.24) is 15.3 Å². The number of nitrogens with one attached hydrogen (secondary N) is 2. The van der Waals surface area contributed by atoms with E-state index in [9.17, 15) is 9.18 Å². The van der Waals surface area contributed by atoms with E-state index >= 15 is 0 Å². The molecule has 0 aliphatic carbocycles. The number of nitrogens with zero attached hydrogens (tertiary/aromatic N) is 1. The van der Waals surface area contributed by atoms with Crippen LogP contribution in [0.1, 0.15) is 12.7 Å². The first-order valence-corrected chi connectivity index (χ1v) is 5.46. The van der Waals surface area contributed by atoms with Crippen LogP contribution < -0.4 is 10.9 Å². The molecule has 5 heteroatoms. The Hall–Kier alpha value is -1.75. The zero-order chi connectivity index (χ0) is 12.4. The van der Waals surface area contributed by atoms with E-state index in [2.05, 4.69) is 15.3 Å². The SMILES string of the molecule is CNC(C)Cc1nc2ccc(F)cc2c(=O)[nH]1. The van der Waals surface area contributed by atoms with Crippen molar-refractivity contribution in [1.29, 1.82) is 0 Å². The molecule has 1 atom stereocenters.